The SMILES string of the molecule is CCN(CC)CCCC(C)NC(=NC)NCc1ccc(F)c(COC)c1. The van der Waals surface area contributed by atoms with Gasteiger partial charge in [0.2, 0.25) is 0 Å². The molecule has 1 rings (SSSR count). The Hall–Kier alpha value is -1.66. The monoisotopic (exact) mass is 366 g/mol. The summed E-state index contributed by atoms with van der Waals surface area (Å²) in [6.07, 6.45) is 2.25. The zero-order valence-electron chi connectivity index (χ0n) is 16.9. The summed E-state index contributed by atoms with van der Waals surface area (Å²) < 4.78 is 18.7. The molecule has 1 aromatic rings. The normalized spacial score (nSPS) is 13.1. The van der Waals surface area contributed by atoms with Crippen LogP contribution in [-0.4, -0.2) is 50.7 Å². The van der Waals surface area contributed by atoms with Crippen LogP contribution in [0.5, 0.6) is 0 Å². The molecule has 0 saturated carbocycles. The van der Waals surface area contributed by atoms with E-state index in [1.807, 2.05) is 6.07 Å². The lowest BCUT2D eigenvalue weighted by Crippen LogP contribution is -2.42. The zero-order chi connectivity index (χ0) is 19.4. The van der Waals surface area contributed by atoms with Crippen molar-refractivity contribution in [1.82, 2.24) is 15.5 Å². The van der Waals surface area contributed by atoms with Crippen molar-refractivity contribution in [3.05, 3.63) is 35.1 Å². The number of nitrogens with one attached hydrogen (secondary N) is 2. The van der Waals surface area contributed by atoms with Crippen molar-refractivity contribution >= 4 is 5.96 Å². The Bertz CT molecular complexity index is 547. The minimum absolute atomic E-state index is 0.236. The van der Waals surface area contributed by atoms with Crippen LogP contribution in [0, 0.1) is 5.82 Å². The topological polar surface area (TPSA) is 48.9 Å². The molecule has 0 amide bonds. The van der Waals surface area contributed by atoms with E-state index in [0.717, 1.165) is 44.0 Å². The van der Waals surface area contributed by atoms with Crippen molar-refractivity contribution < 1.29 is 9.13 Å². The Balaban J connectivity index is 2.44. The van der Waals surface area contributed by atoms with Crippen molar-refractivity contribution in [3.8, 4) is 0 Å². The smallest absolute Gasteiger partial charge is 0.191 e. The van der Waals surface area contributed by atoms with Crippen LogP contribution in [0.25, 0.3) is 0 Å². The van der Waals surface area contributed by atoms with Crippen molar-refractivity contribution in [2.75, 3.05) is 33.8 Å². The number of benzene rings is 1. The van der Waals surface area contributed by atoms with Crippen LogP contribution in [0.15, 0.2) is 23.2 Å². The standard InChI is InChI=1S/C20H35FN4O/c1-6-25(7-2)12-8-9-16(3)24-20(22-4)23-14-17-10-11-19(21)18(13-17)15-26-5/h10-11,13,16H,6-9,12,14-15H2,1-5H3,(H2,22,23,24). The van der Waals surface area contributed by atoms with Gasteiger partial charge in [0.25, 0.3) is 0 Å². The van der Waals surface area contributed by atoms with Gasteiger partial charge in [-0.15, -0.1) is 0 Å². The molecule has 1 aromatic carbocycles. The summed E-state index contributed by atoms with van der Waals surface area (Å²) in [6, 6.07) is 5.43. The van der Waals surface area contributed by atoms with Gasteiger partial charge in [-0.2, -0.15) is 0 Å². The first-order valence-electron chi connectivity index (χ1n) is 9.49. The van der Waals surface area contributed by atoms with Gasteiger partial charge in [0.1, 0.15) is 5.82 Å². The molecule has 26 heavy (non-hydrogen) atoms. The highest BCUT2D eigenvalue weighted by molar-refractivity contribution is 5.79. The molecule has 6 heteroatoms. The molecule has 0 aliphatic carbocycles. The van der Waals surface area contributed by atoms with Crippen LogP contribution in [0.4, 0.5) is 4.39 Å². The minimum atomic E-state index is -0.236. The van der Waals surface area contributed by atoms with E-state index < -0.39 is 0 Å². The maximum Gasteiger partial charge on any atom is 0.191 e. The van der Waals surface area contributed by atoms with Gasteiger partial charge >= 0.3 is 0 Å². The molecular formula is C20H35FN4O. The molecule has 1 atom stereocenters. The van der Waals surface area contributed by atoms with Crippen molar-refractivity contribution in [2.45, 2.75) is 52.8 Å². The molecule has 0 bridgehead atoms. The number of nitrogens with zero attached hydrogens (tertiary/aromatic N) is 2. The van der Waals surface area contributed by atoms with E-state index in [-0.39, 0.29) is 12.4 Å². The minimum Gasteiger partial charge on any atom is -0.380 e. The van der Waals surface area contributed by atoms with Crippen LogP contribution in [0.3, 0.4) is 0 Å². The summed E-state index contributed by atoms with van der Waals surface area (Å²) in [5, 5.41) is 6.71. The summed E-state index contributed by atoms with van der Waals surface area (Å²) in [4.78, 5) is 6.72. The van der Waals surface area contributed by atoms with Gasteiger partial charge in [-0.1, -0.05) is 19.9 Å². The molecule has 148 valence electrons. The highest BCUT2D eigenvalue weighted by Gasteiger charge is 2.08. The third kappa shape index (κ3) is 8.15. The predicted octanol–water partition coefficient (Wildman–Crippen LogP) is 3.15. The molecule has 0 aliphatic rings. The second-order valence-electron chi connectivity index (χ2n) is 6.50. The first kappa shape index (κ1) is 22.4. The van der Waals surface area contributed by atoms with Gasteiger partial charge in [-0.05, 0) is 57.1 Å². The van der Waals surface area contributed by atoms with Gasteiger partial charge < -0.3 is 20.3 Å². The number of methoxy groups -OCH3 is 1. The lowest BCUT2D eigenvalue weighted by atomic mass is 10.1. The molecule has 0 aromatic heterocycles. The number of ether oxygens (including phenoxy) is 1. The van der Waals surface area contributed by atoms with Crippen LogP contribution >= 0.6 is 0 Å². The number of aliphatic imine (C=N–C) groups is 1. The fourth-order valence-corrected chi connectivity index (χ4v) is 2.85. The second-order valence-corrected chi connectivity index (χ2v) is 6.50. The van der Waals surface area contributed by atoms with E-state index in [0.29, 0.717) is 18.2 Å². The molecule has 0 fully saturated rings. The van der Waals surface area contributed by atoms with Crippen molar-refractivity contribution in [3.63, 3.8) is 0 Å². The summed E-state index contributed by atoms with van der Waals surface area (Å²) in [5.41, 5.74) is 1.56. The number of hydrogen-bond donors (Lipinski definition) is 2. The quantitative estimate of drug-likeness (QED) is 0.467. The Kier molecular flexibility index (Phi) is 10.9. The predicted molar refractivity (Wildman–Crippen MR) is 107 cm³/mol. The Labute approximate surface area is 158 Å². The molecular weight excluding hydrogens is 331 g/mol. The summed E-state index contributed by atoms with van der Waals surface area (Å²) in [7, 11) is 3.33. The molecule has 2 N–H and O–H groups in total. The molecule has 0 saturated heterocycles. The largest absolute Gasteiger partial charge is 0.380 e. The van der Waals surface area contributed by atoms with Gasteiger partial charge in [0, 0.05) is 32.3 Å². The van der Waals surface area contributed by atoms with E-state index in [4.69, 9.17) is 4.74 Å². The maximum atomic E-state index is 13.7. The highest BCUT2D eigenvalue weighted by Crippen LogP contribution is 2.11. The lowest BCUT2D eigenvalue weighted by molar-refractivity contribution is 0.181. The van der Waals surface area contributed by atoms with Crippen molar-refractivity contribution in [2.24, 2.45) is 4.99 Å². The molecule has 0 radical (unpaired) electrons. The van der Waals surface area contributed by atoms with Crippen LogP contribution in [-0.2, 0) is 17.9 Å². The third-order valence-corrected chi connectivity index (χ3v) is 4.48. The lowest BCUT2D eigenvalue weighted by Gasteiger charge is -2.21. The van der Waals surface area contributed by atoms with Crippen LogP contribution in [0.2, 0.25) is 0 Å². The second kappa shape index (κ2) is 12.7. The van der Waals surface area contributed by atoms with E-state index in [2.05, 4.69) is 41.3 Å². The highest BCUT2D eigenvalue weighted by atomic mass is 19.1. The molecule has 0 heterocycles. The fraction of sp³-hybridized carbons (Fsp3) is 0.650. The molecule has 0 spiro atoms. The maximum absolute atomic E-state index is 13.7. The number of guanidine groups is 1. The zero-order valence-corrected chi connectivity index (χ0v) is 16.9. The van der Waals surface area contributed by atoms with E-state index in [9.17, 15) is 4.39 Å². The van der Waals surface area contributed by atoms with Gasteiger partial charge in [-0.25, -0.2) is 4.39 Å². The fourth-order valence-electron chi connectivity index (χ4n) is 2.85. The Morgan fingerprint density at radius 1 is 1.31 bits per heavy atom. The van der Waals surface area contributed by atoms with Crippen LogP contribution in [0.1, 0.15) is 44.7 Å². The third-order valence-electron chi connectivity index (χ3n) is 4.48. The summed E-state index contributed by atoms with van der Waals surface area (Å²) in [6.45, 7) is 10.8. The van der Waals surface area contributed by atoms with Gasteiger partial charge in [0.05, 0.1) is 6.61 Å². The Morgan fingerprint density at radius 3 is 2.65 bits per heavy atom. The van der Waals surface area contributed by atoms with E-state index in [1.165, 1.54) is 6.07 Å². The van der Waals surface area contributed by atoms with E-state index >= 15 is 0 Å². The number of rotatable bonds is 11. The van der Waals surface area contributed by atoms with Gasteiger partial charge in [0.15, 0.2) is 5.96 Å². The average molecular weight is 367 g/mol. The van der Waals surface area contributed by atoms with E-state index in [1.54, 1.807) is 20.2 Å². The number of hydrogen-bond acceptors (Lipinski definition) is 3. The number of halogens is 1. The Morgan fingerprint density at radius 2 is 2.04 bits per heavy atom. The molecule has 5 nitrogen and oxygen atoms in total. The van der Waals surface area contributed by atoms with Crippen molar-refractivity contribution in [1.29, 1.82) is 0 Å². The molecule has 0 aliphatic heterocycles. The molecule has 1 unspecified atom stereocenters. The summed E-state index contributed by atoms with van der Waals surface area (Å²) in [5.74, 6) is 0.526. The van der Waals surface area contributed by atoms with Crippen LogP contribution < -0.4 is 10.6 Å². The first-order valence-corrected chi connectivity index (χ1v) is 9.49. The average Bonchev–Trinajstić information content (AvgIpc) is 2.64. The summed E-state index contributed by atoms with van der Waals surface area (Å²) >= 11 is 0. The first-order chi connectivity index (χ1) is 12.5. The van der Waals surface area contributed by atoms with Gasteiger partial charge in [-0.3, -0.25) is 4.99 Å².